The van der Waals surface area contributed by atoms with Gasteiger partial charge in [-0.15, -0.1) is 0 Å². The Balaban J connectivity index is 2.05. The Morgan fingerprint density at radius 2 is 2.25 bits per heavy atom. The molecular formula is C9H18N2O. The van der Waals surface area contributed by atoms with Crippen molar-refractivity contribution in [2.75, 3.05) is 19.8 Å². The van der Waals surface area contributed by atoms with Crippen LogP contribution in [0.15, 0.2) is 0 Å². The zero-order valence-electron chi connectivity index (χ0n) is 7.70. The van der Waals surface area contributed by atoms with Gasteiger partial charge in [-0.3, -0.25) is 5.84 Å². The lowest BCUT2D eigenvalue weighted by Gasteiger charge is -2.23. The Morgan fingerprint density at radius 3 is 3.08 bits per heavy atom. The van der Waals surface area contributed by atoms with Crippen molar-refractivity contribution >= 4 is 0 Å². The predicted octanol–water partition coefficient (Wildman–Crippen LogP) is 0.607. The predicted molar refractivity (Wildman–Crippen MR) is 47.4 cm³/mol. The van der Waals surface area contributed by atoms with Crippen LogP contribution in [0.2, 0.25) is 0 Å². The minimum Gasteiger partial charge on any atom is -0.379 e. The maximum atomic E-state index is 5.94. The van der Waals surface area contributed by atoms with Gasteiger partial charge in [0.2, 0.25) is 0 Å². The summed E-state index contributed by atoms with van der Waals surface area (Å²) in [5, 5.41) is 1.99. The van der Waals surface area contributed by atoms with Gasteiger partial charge in [0.15, 0.2) is 0 Å². The van der Waals surface area contributed by atoms with Crippen LogP contribution in [0.5, 0.6) is 0 Å². The summed E-state index contributed by atoms with van der Waals surface area (Å²) >= 11 is 0. The highest BCUT2D eigenvalue weighted by Crippen LogP contribution is 2.29. The summed E-state index contributed by atoms with van der Waals surface area (Å²) in [4.78, 5) is 0. The molecule has 2 heterocycles. The standard InChI is InChI=1S/C9H18N2O/c1-7-2-3-11(10)9-6-12-5-8(9)4-7/h7-9H,2-6,10H2,1H3. The molecule has 3 atom stereocenters. The lowest BCUT2D eigenvalue weighted by molar-refractivity contribution is 0.143. The molecule has 2 N–H and O–H groups in total. The van der Waals surface area contributed by atoms with Gasteiger partial charge >= 0.3 is 0 Å². The third-order valence-electron chi connectivity index (χ3n) is 3.18. The largest absolute Gasteiger partial charge is 0.379 e. The maximum absolute atomic E-state index is 5.94. The van der Waals surface area contributed by atoms with E-state index in [9.17, 15) is 0 Å². The minimum atomic E-state index is 0.495. The van der Waals surface area contributed by atoms with Crippen LogP contribution in [-0.4, -0.2) is 30.8 Å². The lowest BCUT2D eigenvalue weighted by Crippen LogP contribution is -2.44. The van der Waals surface area contributed by atoms with Crippen molar-refractivity contribution in [1.82, 2.24) is 5.01 Å². The van der Waals surface area contributed by atoms with Gasteiger partial charge in [-0.25, -0.2) is 5.01 Å². The van der Waals surface area contributed by atoms with Gasteiger partial charge < -0.3 is 4.74 Å². The molecule has 0 bridgehead atoms. The van der Waals surface area contributed by atoms with Crippen LogP contribution in [-0.2, 0) is 4.74 Å². The van der Waals surface area contributed by atoms with E-state index in [1.165, 1.54) is 12.8 Å². The molecule has 0 aliphatic carbocycles. The average molecular weight is 170 g/mol. The Labute approximate surface area is 73.8 Å². The molecule has 0 amide bonds. The number of hydrogen-bond donors (Lipinski definition) is 1. The fourth-order valence-corrected chi connectivity index (χ4v) is 2.35. The molecule has 0 aromatic rings. The number of rotatable bonds is 0. The van der Waals surface area contributed by atoms with E-state index in [0.717, 1.165) is 25.7 Å². The monoisotopic (exact) mass is 170 g/mol. The van der Waals surface area contributed by atoms with E-state index in [2.05, 4.69) is 6.92 Å². The number of nitrogens with zero attached hydrogens (tertiary/aromatic N) is 1. The van der Waals surface area contributed by atoms with Crippen molar-refractivity contribution in [3.05, 3.63) is 0 Å². The average Bonchev–Trinajstić information content (AvgIpc) is 2.44. The highest BCUT2D eigenvalue weighted by molar-refractivity contribution is 4.85. The molecule has 0 spiro atoms. The van der Waals surface area contributed by atoms with E-state index in [-0.39, 0.29) is 0 Å². The van der Waals surface area contributed by atoms with Crippen molar-refractivity contribution in [3.63, 3.8) is 0 Å². The third kappa shape index (κ3) is 1.49. The van der Waals surface area contributed by atoms with Gasteiger partial charge in [-0.05, 0) is 18.8 Å². The van der Waals surface area contributed by atoms with Crippen molar-refractivity contribution in [2.45, 2.75) is 25.8 Å². The Hall–Kier alpha value is -0.120. The summed E-state index contributed by atoms with van der Waals surface area (Å²) in [6.07, 6.45) is 2.53. The van der Waals surface area contributed by atoms with Gasteiger partial charge in [0, 0.05) is 12.5 Å². The molecule has 2 aliphatic rings. The number of hydrogen-bond acceptors (Lipinski definition) is 3. The fraction of sp³-hybridized carbons (Fsp3) is 1.00. The van der Waals surface area contributed by atoms with Gasteiger partial charge in [0.05, 0.1) is 19.3 Å². The summed E-state index contributed by atoms with van der Waals surface area (Å²) in [5.74, 6) is 7.44. The second kappa shape index (κ2) is 3.32. The van der Waals surface area contributed by atoms with Gasteiger partial charge in [0.25, 0.3) is 0 Å². The molecule has 2 rings (SSSR count). The Morgan fingerprint density at radius 1 is 1.42 bits per heavy atom. The minimum absolute atomic E-state index is 0.495. The highest BCUT2D eigenvalue weighted by Gasteiger charge is 2.34. The molecule has 0 radical (unpaired) electrons. The molecule has 70 valence electrons. The van der Waals surface area contributed by atoms with Crippen molar-refractivity contribution < 1.29 is 4.74 Å². The lowest BCUT2D eigenvalue weighted by atomic mass is 9.93. The van der Waals surface area contributed by atoms with Gasteiger partial charge in [-0.1, -0.05) is 6.92 Å². The first-order valence-corrected chi connectivity index (χ1v) is 4.86. The zero-order valence-corrected chi connectivity index (χ0v) is 7.70. The van der Waals surface area contributed by atoms with Crippen LogP contribution in [0.4, 0.5) is 0 Å². The molecular weight excluding hydrogens is 152 g/mol. The van der Waals surface area contributed by atoms with E-state index in [1.807, 2.05) is 5.01 Å². The SMILES string of the molecule is CC1CCN(N)C2COCC2C1. The van der Waals surface area contributed by atoms with Crippen molar-refractivity contribution in [3.8, 4) is 0 Å². The van der Waals surface area contributed by atoms with E-state index in [1.54, 1.807) is 0 Å². The number of nitrogens with two attached hydrogens (primary N) is 1. The summed E-state index contributed by atoms with van der Waals surface area (Å²) in [7, 11) is 0. The smallest absolute Gasteiger partial charge is 0.0639 e. The van der Waals surface area contributed by atoms with Crippen LogP contribution in [0.1, 0.15) is 19.8 Å². The highest BCUT2D eigenvalue weighted by atomic mass is 16.5. The van der Waals surface area contributed by atoms with Crippen LogP contribution in [0, 0.1) is 11.8 Å². The first-order valence-electron chi connectivity index (χ1n) is 4.86. The fourth-order valence-electron chi connectivity index (χ4n) is 2.35. The van der Waals surface area contributed by atoms with Crippen LogP contribution in [0.3, 0.4) is 0 Å². The molecule has 0 saturated carbocycles. The number of ether oxygens (including phenoxy) is 1. The number of hydrazine groups is 1. The first kappa shape index (κ1) is 8.48. The van der Waals surface area contributed by atoms with Crippen LogP contribution < -0.4 is 5.84 Å². The number of fused-ring (bicyclic) bond motifs is 1. The topological polar surface area (TPSA) is 38.5 Å². The van der Waals surface area contributed by atoms with E-state index in [4.69, 9.17) is 10.6 Å². The summed E-state index contributed by atoms with van der Waals surface area (Å²) in [5.41, 5.74) is 0. The molecule has 2 aliphatic heterocycles. The Bertz CT molecular complexity index is 163. The molecule has 3 unspecified atom stereocenters. The Kier molecular flexibility index (Phi) is 2.35. The summed E-state index contributed by atoms with van der Waals surface area (Å²) in [6, 6.07) is 0.495. The molecule has 12 heavy (non-hydrogen) atoms. The molecule has 2 saturated heterocycles. The zero-order chi connectivity index (χ0) is 8.55. The van der Waals surface area contributed by atoms with E-state index in [0.29, 0.717) is 12.0 Å². The third-order valence-corrected chi connectivity index (χ3v) is 3.18. The molecule has 2 fully saturated rings. The summed E-state index contributed by atoms with van der Waals surface area (Å²) < 4.78 is 5.44. The van der Waals surface area contributed by atoms with Crippen molar-refractivity contribution in [2.24, 2.45) is 17.7 Å². The first-order chi connectivity index (χ1) is 5.77. The quantitative estimate of drug-likeness (QED) is 0.541. The van der Waals surface area contributed by atoms with Crippen LogP contribution in [0.25, 0.3) is 0 Å². The normalized spacial score (nSPS) is 44.0. The van der Waals surface area contributed by atoms with Crippen molar-refractivity contribution in [1.29, 1.82) is 0 Å². The maximum Gasteiger partial charge on any atom is 0.0639 e. The van der Waals surface area contributed by atoms with E-state index >= 15 is 0 Å². The van der Waals surface area contributed by atoms with Gasteiger partial charge in [-0.2, -0.15) is 0 Å². The second-order valence-corrected chi connectivity index (χ2v) is 4.23. The van der Waals surface area contributed by atoms with Crippen LogP contribution >= 0.6 is 0 Å². The van der Waals surface area contributed by atoms with E-state index < -0.39 is 0 Å². The molecule has 0 aromatic heterocycles. The second-order valence-electron chi connectivity index (χ2n) is 4.23. The summed E-state index contributed by atoms with van der Waals surface area (Å²) in [6.45, 7) is 5.11. The molecule has 3 heteroatoms. The molecule has 0 aromatic carbocycles. The molecule has 3 nitrogen and oxygen atoms in total. The van der Waals surface area contributed by atoms with Gasteiger partial charge in [0.1, 0.15) is 0 Å².